The van der Waals surface area contributed by atoms with Crippen LogP contribution < -0.4 is 10.9 Å². The molecule has 2 aromatic carbocycles. The van der Waals surface area contributed by atoms with Crippen molar-refractivity contribution in [2.24, 2.45) is 0 Å². The molecule has 9 nitrogen and oxygen atoms in total. The first-order valence-corrected chi connectivity index (χ1v) is 10.5. The van der Waals surface area contributed by atoms with Crippen LogP contribution in [0.1, 0.15) is 27.9 Å². The second kappa shape index (κ2) is 9.71. The fourth-order valence-corrected chi connectivity index (χ4v) is 4.03. The van der Waals surface area contributed by atoms with Crippen LogP contribution in [-0.2, 0) is 9.59 Å². The van der Waals surface area contributed by atoms with E-state index < -0.39 is 29.1 Å². The molecule has 1 aliphatic heterocycles. The number of rotatable bonds is 5. The first kappa shape index (κ1) is 23.1. The normalized spacial score (nSPS) is 14.7. The van der Waals surface area contributed by atoms with Gasteiger partial charge in [-0.15, -0.1) is 0 Å². The van der Waals surface area contributed by atoms with Gasteiger partial charge in [0.1, 0.15) is 4.32 Å². The summed E-state index contributed by atoms with van der Waals surface area (Å²) in [7, 11) is 0. The zero-order valence-electron chi connectivity index (χ0n) is 16.8. The van der Waals surface area contributed by atoms with Gasteiger partial charge in [0.05, 0.1) is 4.91 Å². The highest BCUT2D eigenvalue weighted by Gasteiger charge is 2.32. The third-order valence-corrected chi connectivity index (χ3v) is 5.84. The molecule has 1 fully saturated rings. The summed E-state index contributed by atoms with van der Waals surface area (Å²) >= 11 is 6.40. The lowest BCUT2D eigenvalue weighted by Crippen LogP contribution is -2.43. The van der Waals surface area contributed by atoms with Gasteiger partial charge in [-0.25, -0.2) is 0 Å². The van der Waals surface area contributed by atoms with E-state index in [9.17, 15) is 29.7 Å². The maximum Gasteiger partial charge on any atom is 0.269 e. The maximum absolute atomic E-state index is 12.6. The van der Waals surface area contributed by atoms with Crippen LogP contribution in [0.2, 0.25) is 0 Å². The van der Waals surface area contributed by atoms with Crippen molar-refractivity contribution in [3.8, 4) is 17.2 Å². The Hall–Kier alpha value is -3.57. The molecule has 0 unspecified atom stereocenters. The Balaban J connectivity index is 1.53. The van der Waals surface area contributed by atoms with Crippen LogP contribution in [0.15, 0.2) is 41.3 Å². The smallest absolute Gasteiger partial charge is 0.269 e. The Bertz CT molecular complexity index is 1110. The molecule has 1 heterocycles. The van der Waals surface area contributed by atoms with E-state index >= 15 is 0 Å². The molecule has 0 bridgehead atoms. The first-order valence-electron chi connectivity index (χ1n) is 9.32. The Kier molecular flexibility index (Phi) is 7.01. The van der Waals surface area contributed by atoms with Crippen LogP contribution in [0.3, 0.4) is 0 Å². The Labute approximate surface area is 192 Å². The van der Waals surface area contributed by atoms with Gasteiger partial charge in [-0.2, -0.15) is 0 Å². The van der Waals surface area contributed by atoms with Gasteiger partial charge in [-0.05, 0) is 30.7 Å². The van der Waals surface area contributed by atoms with E-state index in [2.05, 4.69) is 10.9 Å². The van der Waals surface area contributed by atoms with Crippen LogP contribution in [0.4, 0.5) is 0 Å². The topological polar surface area (TPSA) is 139 Å². The highest BCUT2D eigenvalue weighted by atomic mass is 32.2. The lowest BCUT2D eigenvalue weighted by Gasteiger charge is -2.14. The molecule has 0 spiro atoms. The highest BCUT2D eigenvalue weighted by molar-refractivity contribution is 8.26. The predicted molar refractivity (Wildman–Crippen MR) is 123 cm³/mol. The highest BCUT2D eigenvalue weighted by Crippen LogP contribution is 2.35. The number of phenols is 3. The minimum atomic E-state index is -0.824. The van der Waals surface area contributed by atoms with E-state index in [1.165, 1.54) is 4.90 Å². The van der Waals surface area contributed by atoms with Gasteiger partial charge >= 0.3 is 0 Å². The average Bonchev–Trinajstić information content (AvgIpc) is 3.02. The third-order valence-electron chi connectivity index (χ3n) is 4.46. The number of thioether (sulfide) groups is 1. The number of hydrogen-bond acceptors (Lipinski definition) is 8. The molecular formula is C21H19N3O6S2. The average molecular weight is 474 g/mol. The van der Waals surface area contributed by atoms with Crippen molar-refractivity contribution >= 4 is 52.1 Å². The monoisotopic (exact) mass is 473 g/mol. The molecule has 2 aromatic rings. The Morgan fingerprint density at radius 1 is 1.09 bits per heavy atom. The van der Waals surface area contributed by atoms with Crippen LogP contribution >= 0.6 is 24.0 Å². The van der Waals surface area contributed by atoms with Gasteiger partial charge in [0.2, 0.25) is 5.91 Å². The van der Waals surface area contributed by atoms with Gasteiger partial charge in [-0.1, -0.05) is 53.8 Å². The number of carbonyl (C=O) groups is 3. The van der Waals surface area contributed by atoms with E-state index in [4.69, 9.17) is 12.2 Å². The Morgan fingerprint density at radius 2 is 1.72 bits per heavy atom. The maximum atomic E-state index is 12.6. The van der Waals surface area contributed by atoms with Crippen LogP contribution in [0, 0.1) is 6.92 Å². The molecule has 0 radical (unpaired) electrons. The van der Waals surface area contributed by atoms with E-state index in [1.54, 1.807) is 6.08 Å². The molecule has 0 aliphatic carbocycles. The first-order chi connectivity index (χ1) is 15.2. The van der Waals surface area contributed by atoms with E-state index in [0.717, 1.165) is 35.0 Å². The Morgan fingerprint density at radius 3 is 2.34 bits per heavy atom. The number of nitrogens with one attached hydrogen (secondary N) is 2. The molecule has 5 N–H and O–H groups in total. The standard InChI is InChI=1S/C21H19N3O6S2/c1-11-2-4-12(5-3-11)8-16-20(30)24(21(31)32-16)7-6-17(27)22-23-19(29)13-9-14(25)18(28)15(26)10-13/h2-5,8-10,25-26,28H,6-7H2,1H3,(H,22,27)(H,23,29)/b16-8-. The number of hydrazine groups is 1. The van der Waals surface area contributed by atoms with Gasteiger partial charge in [0, 0.05) is 18.5 Å². The van der Waals surface area contributed by atoms with Gasteiger partial charge in [0.25, 0.3) is 11.8 Å². The largest absolute Gasteiger partial charge is 0.504 e. The van der Waals surface area contributed by atoms with Gasteiger partial charge in [0.15, 0.2) is 17.2 Å². The minimum absolute atomic E-state index is 0.0262. The summed E-state index contributed by atoms with van der Waals surface area (Å²) in [6, 6.07) is 9.52. The lowest BCUT2D eigenvalue weighted by molar-refractivity contribution is -0.124. The molecule has 11 heteroatoms. The van der Waals surface area contributed by atoms with Crippen molar-refractivity contribution in [3.05, 3.63) is 58.0 Å². The summed E-state index contributed by atoms with van der Waals surface area (Å²) < 4.78 is 0.334. The summed E-state index contributed by atoms with van der Waals surface area (Å²) in [4.78, 5) is 38.5. The van der Waals surface area contributed by atoms with Crippen molar-refractivity contribution in [1.82, 2.24) is 15.8 Å². The number of phenolic OH excluding ortho intramolecular Hbond substituents is 3. The molecule has 3 amide bonds. The van der Waals surface area contributed by atoms with Gasteiger partial charge < -0.3 is 15.3 Å². The fourth-order valence-electron chi connectivity index (χ4n) is 2.72. The molecule has 0 atom stereocenters. The number of aromatic hydroxyl groups is 3. The molecule has 0 saturated carbocycles. The minimum Gasteiger partial charge on any atom is -0.504 e. The van der Waals surface area contributed by atoms with Crippen molar-refractivity contribution in [3.63, 3.8) is 0 Å². The summed E-state index contributed by atoms with van der Waals surface area (Å²) in [5.41, 5.74) is 6.08. The predicted octanol–water partition coefficient (Wildman–Crippen LogP) is 2.16. The number of thiocarbonyl (C=S) groups is 1. The summed E-state index contributed by atoms with van der Waals surface area (Å²) in [5, 5.41) is 28.2. The van der Waals surface area contributed by atoms with E-state index in [-0.39, 0.29) is 24.4 Å². The second-order valence-electron chi connectivity index (χ2n) is 6.86. The van der Waals surface area contributed by atoms with Crippen molar-refractivity contribution in [2.75, 3.05) is 6.54 Å². The van der Waals surface area contributed by atoms with Crippen molar-refractivity contribution in [2.45, 2.75) is 13.3 Å². The molecule has 1 saturated heterocycles. The summed E-state index contributed by atoms with van der Waals surface area (Å²) in [6.07, 6.45) is 1.61. The molecule has 1 aliphatic rings. The zero-order chi connectivity index (χ0) is 23.4. The molecule has 0 aromatic heterocycles. The molecule has 166 valence electrons. The number of carbonyl (C=O) groups excluding carboxylic acids is 3. The number of aryl methyl sites for hydroxylation is 1. The fraction of sp³-hybridized carbons (Fsp3) is 0.143. The van der Waals surface area contributed by atoms with Crippen molar-refractivity contribution < 1.29 is 29.7 Å². The molecule has 3 rings (SSSR count). The molecular weight excluding hydrogens is 454 g/mol. The number of hydrogen-bond donors (Lipinski definition) is 5. The van der Waals surface area contributed by atoms with E-state index in [1.807, 2.05) is 31.2 Å². The SMILES string of the molecule is Cc1ccc(/C=C2\SC(=S)N(CCC(=O)NNC(=O)c3cc(O)c(O)c(O)c3)C2=O)cc1. The zero-order valence-corrected chi connectivity index (χ0v) is 18.4. The number of amides is 3. The molecule has 32 heavy (non-hydrogen) atoms. The summed E-state index contributed by atoms with van der Waals surface area (Å²) in [6.45, 7) is 1.99. The van der Waals surface area contributed by atoms with Crippen LogP contribution in [0.25, 0.3) is 6.08 Å². The van der Waals surface area contributed by atoms with Gasteiger partial charge in [-0.3, -0.25) is 30.1 Å². The van der Waals surface area contributed by atoms with E-state index in [0.29, 0.717) is 9.23 Å². The number of nitrogens with zero attached hydrogens (tertiary/aromatic N) is 1. The lowest BCUT2D eigenvalue weighted by atomic mass is 10.1. The van der Waals surface area contributed by atoms with Crippen LogP contribution in [0.5, 0.6) is 17.2 Å². The quantitative estimate of drug-likeness (QED) is 0.193. The number of benzene rings is 2. The van der Waals surface area contributed by atoms with Crippen molar-refractivity contribution in [1.29, 1.82) is 0 Å². The second-order valence-corrected chi connectivity index (χ2v) is 8.54. The summed E-state index contributed by atoms with van der Waals surface area (Å²) in [5.74, 6) is -3.83. The third kappa shape index (κ3) is 5.37. The van der Waals surface area contributed by atoms with Crippen LogP contribution in [-0.4, -0.2) is 48.8 Å².